The summed E-state index contributed by atoms with van der Waals surface area (Å²) >= 11 is 0. The first-order chi connectivity index (χ1) is 17.7. The van der Waals surface area contributed by atoms with Crippen molar-refractivity contribution in [1.82, 2.24) is 0 Å². The summed E-state index contributed by atoms with van der Waals surface area (Å²) in [6, 6.07) is 14.1. The number of nitrogens with one attached hydrogen (secondary N) is 1. The molecule has 3 rings (SSSR count). The van der Waals surface area contributed by atoms with E-state index in [4.69, 9.17) is 5.11 Å². The minimum Gasteiger partial charge on any atom is -0.396 e. The van der Waals surface area contributed by atoms with Crippen molar-refractivity contribution in [2.45, 2.75) is 52.6 Å². The number of rotatable bonds is 11. The van der Waals surface area contributed by atoms with E-state index >= 15 is 0 Å². The molecule has 6 heteroatoms. The van der Waals surface area contributed by atoms with Gasteiger partial charge in [-0.25, -0.2) is 0 Å². The van der Waals surface area contributed by atoms with E-state index in [9.17, 15) is 14.7 Å². The van der Waals surface area contributed by atoms with Crippen LogP contribution < -0.4 is 10.2 Å². The van der Waals surface area contributed by atoms with Gasteiger partial charge in [0.15, 0.2) is 5.60 Å². The summed E-state index contributed by atoms with van der Waals surface area (Å²) in [7, 11) is 0. The van der Waals surface area contributed by atoms with Crippen LogP contribution in [-0.4, -0.2) is 35.2 Å². The van der Waals surface area contributed by atoms with Gasteiger partial charge in [-0.15, -0.1) is 0 Å². The second-order valence-corrected chi connectivity index (χ2v) is 9.83. The number of nitrogens with zero attached hydrogens (tertiary/aromatic N) is 1. The third kappa shape index (κ3) is 6.64. The summed E-state index contributed by atoms with van der Waals surface area (Å²) in [6.07, 6.45) is 10.0. The van der Waals surface area contributed by atoms with Crippen molar-refractivity contribution < 1.29 is 19.8 Å². The Morgan fingerprint density at radius 1 is 1.08 bits per heavy atom. The predicted molar refractivity (Wildman–Crippen MR) is 150 cm³/mol. The van der Waals surface area contributed by atoms with Crippen LogP contribution in [0.15, 0.2) is 84.0 Å². The van der Waals surface area contributed by atoms with Crippen molar-refractivity contribution >= 4 is 23.2 Å². The van der Waals surface area contributed by atoms with Crippen LogP contribution in [0, 0.1) is 5.92 Å². The molecule has 1 heterocycles. The SMILES string of the molecule is CC(C)=CCC/C(C)=C/CN1C(=O)[C@](O)([C@H](C)/C=C/CCO)c2cc(NC(=O)c3ccccc3)ccc21. The number of anilines is 2. The Morgan fingerprint density at radius 3 is 2.49 bits per heavy atom. The number of allylic oxidation sites excluding steroid dienone is 3. The third-order valence-corrected chi connectivity index (χ3v) is 6.66. The lowest BCUT2D eigenvalue weighted by molar-refractivity contribution is -0.139. The van der Waals surface area contributed by atoms with Gasteiger partial charge in [0, 0.05) is 35.9 Å². The maximum Gasteiger partial charge on any atom is 0.264 e. The fraction of sp³-hybridized carbons (Fsp3) is 0.355. The first-order valence-corrected chi connectivity index (χ1v) is 12.8. The number of aliphatic hydroxyl groups is 2. The van der Waals surface area contributed by atoms with E-state index in [1.54, 1.807) is 66.4 Å². The van der Waals surface area contributed by atoms with E-state index in [1.165, 1.54) is 11.1 Å². The molecule has 1 aliphatic heterocycles. The molecule has 0 radical (unpaired) electrons. The van der Waals surface area contributed by atoms with Crippen molar-refractivity contribution in [3.8, 4) is 0 Å². The average Bonchev–Trinajstić information content (AvgIpc) is 3.09. The minimum atomic E-state index is -1.79. The zero-order chi connectivity index (χ0) is 27.0. The van der Waals surface area contributed by atoms with Gasteiger partial charge in [-0.3, -0.25) is 9.59 Å². The molecule has 2 aromatic carbocycles. The lowest BCUT2D eigenvalue weighted by atomic mass is 9.82. The van der Waals surface area contributed by atoms with Crippen LogP contribution in [0.2, 0.25) is 0 Å². The Balaban J connectivity index is 1.93. The standard InChI is InChI=1S/C31H38N2O4/c1-22(2)11-10-12-23(3)18-19-33-28-17-16-26(32-29(35)25-14-6-5-7-15-25)21-27(28)31(37,30(33)36)24(4)13-8-9-20-34/h5-8,11,13-18,21,24,34,37H,9-10,12,19-20H2,1-4H3,(H,32,35)/b13-8+,23-18+/t24-,31+/m1/s1. The highest BCUT2D eigenvalue weighted by Crippen LogP contribution is 2.46. The number of amides is 2. The molecular weight excluding hydrogens is 464 g/mol. The van der Waals surface area contributed by atoms with Gasteiger partial charge in [0.2, 0.25) is 0 Å². The third-order valence-electron chi connectivity index (χ3n) is 6.66. The van der Waals surface area contributed by atoms with E-state index in [1.807, 2.05) is 12.1 Å². The zero-order valence-corrected chi connectivity index (χ0v) is 22.2. The molecule has 0 fully saturated rings. The molecule has 0 aromatic heterocycles. The molecular formula is C31H38N2O4. The number of hydrogen-bond acceptors (Lipinski definition) is 4. The van der Waals surface area contributed by atoms with Crippen LogP contribution in [0.25, 0.3) is 0 Å². The number of aliphatic hydroxyl groups excluding tert-OH is 1. The van der Waals surface area contributed by atoms with Crippen molar-refractivity contribution in [3.63, 3.8) is 0 Å². The van der Waals surface area contributed by atoms with Gasteiger partial charge in [-0.2, -0.15) is 0 Å². The van der Waals surface area contributed by atoms with Crippen LogP contribution in [-0.2, 0) is 10.4 Å². The van der Waals surface area contributed by atoms with E-state index in [2.05, 4.69) is 32.2 Å². The summed E-state index contributed by atoms with van der Waals surface area (Å²) in [5.74, 6) is -1.21. The second kappa shape index (κ2) is 12.7. The first kappa shape index (κ1) is 28.1. The largest absolute Gasteiger partial charge is 0.396 e. The molecule has 2 atom stereocenters. The van der Waals surface area contributed by atoms with E-state index < -0.39 is 17.4 Å². The Hall–Kier alpha value is -3.48. The Kier molecular flexibility index (Phi) is 9.61. The van der Waals surface area contributed by atoms with Gasteiger partial charge in [0.25, 0.3) is 11.8 Å². The van der Waals surface area contributed by atoms with Gasteiger partial charge in [0.1, 0.15) is 0 Å². The monoisotopic (exact) mass is 502 g/mol. The van der Waals surface area contributed by atoms with Crippen LogP contribution in [0.4, 0.5) is 11.4 Å². The molecule has 1 aliphatic rings. The highest BCUT2D eigenvalue weighted by Gasteiger charge is 2.52. The molecule has 0 saturated heterocycles. The van der Waals surface area contributed by atoms with Crippen molar-refractivity contribution in [2.75, 3.05) is 23.4 Å². The van der Waals surface area contributed by atoms with Crippen LogP contribution in [0.3, 0.4) is 0 Å². The molecule has 196 valence electrons. The fourth-order valence-corrected chi connectivity index (χ4v) is 4.45. The highest BCUT2D eigenvalue weighted by molar-refractivity contribution is 6.09. The quantitative estimate of drug-likeness (QED) is 0.342. The van der Waals surface area contributed by atoms with Gasteiger partial charge < -0.3 is 20.4 Å². The molecule has 3 N–H and O–H groups in total. The second-order valence-electron chi connectivity index (χ2n) is 9.83. The first-order valence-electron chi connectivity index (χ1n) is 12.8. The average molecular weight is 503 g/mol. The Morgan fingerprint density at radius 2 is 1.81 bits per heavy atom. The fourth-order valence-electron chi connectivity index (χ4n) is 4.45. The number of hydrogen-bond donors (Lipinski definition) is 3. The molecule has 0 spiro atoms. The molecule has 2 aromatic rings. The number of benzene rings is 2. The van der Waals surface area contributed by atoms with Crippen LogP contribution >= 0.6 is 0 Å². The van der Waals surface area contributed by atoms with Gasteiger partial charge in [0.05, 0.1) is 5.69 Å². The number of carbonyl (C=O) groups excluding carboxylic acids is 2. The molecule has 0 saturated carbocycles. The van der Waals surface area contributed by atoms with E-state index in [-0.39, 0.29) is 12.5 Å². The maximum atomic E-state index is 13.7. The van der Waals surface area contributed by atoms with Crippen molar-refractivity contribution in [3.05, 3.63) is 95.1 Å². The number of carbonyl (C=O) groups is 2. The summed E-state index contributed by atoms with van der Waals surface area (Å²) in [6.45, 7) is 8.32. The lowest BCUT2D eigenvalue weighted by Gasteiger charge is -2.27. The molecule has 37 heavy (non-hydrogen) atoms. The summed E-state index contributed by atoms with van der Waals surface area (Å²) in [5.41, 5.74) is 2.76. The van der Waals surface area contributed by atoms with Crippen LogP contribution in [0.1, 0.15) is 62.9 Å². The normalized spacial score (nSPS) is 18.2. The summed E-state index contributed by atoms with van der Waals surface area (Å²) < 4.78 is 0. The zero-order valence-electron chi connectivity index (χ0n) is 22.2. The molecule has 0 aliphatic carbocycles. The molecule has 0 unspecified atom stereocenters. The minimum absolute atomic E-state index is 0.00914. The topological polar surface area (TPSA) is 89.9 Å². The van der Waals surface area contributed by atoms with Gasteiger partial charge in [-0.1, -0.05) is 60.6 Å². The maximum absolute atomic E-state index is 13.7. The number of fused-ring (bicyclic) bond motifs is 1. The van der Waals surface area contributed by atoms with Gasteiger partial charge in [-0.05, 0) is 70.4 Å². The van der Waals surface area contributed by atoms with E-state index in [0.717, 1.165) is 12.8 Å². The predicted octanol–water partition coefficient (Wildman–Crippen LogP) is 5.74. The van der Waals surface area contributed by atoms with Crippen molar-refractivity contribution in [1.29, 1.82) is 0 Å². The van der Waals surface area contributed by atoms with Gasteiger partial charge >= 0.3 is 0 Å². The highest BCUT2D eigenvalue weighted by atomic mass is 16.3. The van der Waals surface area contributed by atoms with Crippen LogP contribution in [0.5, 0.6) is 0 Å². The smallest absolute Gasteiger partial charge is 0.264 e. The van der Waals surface area contributed by atoms with E-state index in [0.29, 0.717) is 35.5 Å². The molecule has 2 amide bonds. The molecule has 6 nitrogen and oxygen atoms in total. The Bertz CT molecular complexity index is 1190. The molecule has 0 bridgehead atoms. The summed E-state index contributed by atoms with van der Waals surface area (Å²) in [5, 5.41) is 23.9. The lowest BCUT2D eigenvalue weighted by Crippen LogP contribution is -2.44. The Labute approximate surface area is 220 Å². The van der Waals surface area contributed by atoms with Crippen molar-refractivity contribution in [2.24, 2.45) is 5.92 Å². The summed E-state index contributed by atoms with van der Waals surface area (Å²) in [4.78, 5) is 28.0.